The summed E-state index contributed by atoms with van der Waals surface area (Å²) >= 11 is 0. The average molecular weight is 245 g/mol. The molecular weight excluding hydrogens is 226 g/mol. The van der Waals surface area contributed by atoms with Crippen molar-refractivity contribution in [3.63, 3.8) is 0 Å². The number of nitrogens with zero attached hydrogens (tertiary/aromatic N) is 2. The zero-order valence-corrected chi connectivity index (χ0v) is 10.7. The minimum absolute atomic E-state index is 0.0404. The van der Waals surface area contributed by atoms with Crippen molar-refractivity contribution in [2.24, 2.45) is 11.0 Å². The van der Waals surface area contributed by atoms with E-state index in [1.54, 1.807) is 6.21 Å². The maximum atomic E-state index is 11.8. The number of pyridine rings is 1. The van der Waals surface area contributed by atoms with Crippen molar-refractivity contribution in [3.8, 4) is 0 Å². The maximum Gasteiger partial charge on any atom is 0.243 e. The van der Waals surface area contributed by atoms with E-state index in [4.69, 9.17) is 0 Å². The summed E-state index contributed by atoms with van der Waals surface area (Å²) in [5.74, 6) is 0.181. The number of hydrogen-bond acceptors (Lipinski definition) is 3. The normalized spacial score (nSPS) is 16.9. The first-order valence-electron chi connectivity index (χ1n) is 6.52. The minimum Gasteiger partial charge on any atom is -0.273 e. The van der Waals surface area contributed by atoms with Gasteiger partial charge in [0.05, 0.1) is 11.9 Å². The summed E-state index contributed by atoms with van der Waals surface area (Å²) in [6, 6.07) is 5.72. The van der Waals surface area contributed by atoms with Crippen LogP contribution in [0.3, 0.4) is 0 Å². The molecule has 1 aromatic rings. The van der Waals surface area contributed by atoms with Crippen LogP contribution in [0.4, 0.5) is 0 Å². The van der Waals surface area contributed by atoms with E-state index in [-0.39, 0.29) is 11.8 Å². The van der Waals surface area contributed by atoms with Crippen LogP contribution in [0.2, 0.25) is 0 Å². The van der Waals surface area contributed by atoms with E-state index in [9.17, 15) is 4.79 Å². The highest BCUT2D eigenvalue weighted by Crippen LogP contribution is 2.23. The molecule has 0 radical (unpaired) electrons. The molecule has 18 heavy (non-hydrogen) atoms. The highest BCUT2D eigenvalue weighted by atomic mass is 16.2. The van der Waals surface area contributed by atoms with E-state index >= 15 is 0 Å². The van der Waals surface area contributed by atoms with Crippen molar-refractivity contribution in [1.82, 2.24) is 10.4 Å². The second-order valence-corrected chi connectivity index (χ2v) is 4.77. The van der Waals surface area contributed by atoms with Gasteiger partial charge in [-0.25, -0.2) is 5.43 Å². The second-order valence-electron chi connectivity index (χ2n) is 4.77. The summed E-state index contributed by atoms with van der Waals surface area (Å²) in [6.45, 7) is 1.93. The molecule has 1 amide bonds. The number of amides is 1. The van der Waals surface area contributed by atoms with Crippen LogP contribution in [0.5, 0.6) is 0 Å². The lowest BCUT2D eigenvalue weighted by atomic mass is 9.89. The summed E-state index contributed by atoms with van der Waals surface area (Å²) in [7, 11) is 0. The van der Waals surface area contributed by atoms with Gasteiger partial charge in [0.25, 0.3) is 0 Å². The topological polar surface area (TPSA) is 54.4 Å². The SMILES string of the molecule is Cc1cccc(C=NNC(=O)C2CCCCC2)n1. The van der Waals surface area contributed by atoms with Gasteiger partial charge >= 0.3 is 0 Å². The van der Waals surface area contributed by atoms with Crippen LogP contribution in [-0.4, -0.2) is 17.1 Å². The van der Waals surface area contributed by atoms with Gasteiger partial charge in [0, 0.05) is 11.6 Å². The Morgan fingerprint density at radius 3 is 2.89 bits per heavy atom. The number of rotatable bonds is 3. The van der Waals surface area contributed by atoms with Gasteiger partial charge in [0.15, 0.2) is 0 Å². The van der Waals surface area contributed by atoms with E-state index in [1.165, 1.54) is 6.42 Å². The van der Waals surface area contributed by atoms with Gasteiger partial charge in [-0.1, -0.05) is 25.3 Å². The molecule has 0 spiro atoms. The molecule has 4 heteroatoms. The fraction of sp³-hybridized carbons (Fsp3) is 0.500. The van der Waals surface area contributed by atoms with E-state index in [0.717, 1.165) is 37.1 Å². The number of hydrogen-bond donors (Lipinski definition) is 1. The third-order valence-electron chi connectivity index (χ3n) is 3.26. The van der Waals surface area contributed by atoms with Gasteiger partial charge in [-0.2, -0.15) is 5.10 Å². The molecule has 4 nitrogen and oxygen atoms in total. The Labute approximate surface area is 108 Å². The Morgan fingerprint density at radius 2 is 2.17 bits per heavy atom. The molecule has 0 atom stereocenters. The van der Waals surface area contributed by atoms with Crippen LogP contribution in [0.25, 0.3) is 0 Å². The fourth-order valence-corrected chi connectivity index (χ4v) is 2.25. The quantitative estimate of drug-likeness (QED) is 0.656. The Balaban J connectivity index is 1.85. The van der Waals surface area contributed by atoms with Gasteiger partial charge < -0.3 is 0 Å². The van der Waals surface area contributed by atoms with Crippen LogP contribution in [-0.2, 0) is 4.79 Å². The van der Waals surface area contributed by atoms with Crippen molar-refractivity contribution in [1.29, 1.82) is 0 Å². The van der Waals surface area contributed by atoms with E-state index in [0.29, 0.717) is 0 Å². The summed E-state index contributed by atoms with van der Waals surface area (Å²) in [6.07, 6.45) is 7.13. The first-order valence-corrected chi connectivity index (χ1v) is 6.52. The number of carbonyl (C=O) groups is 1. The molecule has 2 rings (SSSR count). The first-order chi connectivity index (χ1) is 8.75. The predicted molar refractivity (Wildman–Crippen MR) is 71.3 cm³/mol. The van der Waals surface area contributed by atoms with Gasteiger partial charge in [0.1, 0.15) is 0 Å². The zero-order valence-electron chi connectivity index (χ0n) is 10.7. The molecule has 1 heterocycles. The molecule has 1 N–H and O–H groups in total. The molecule has 96 valence electrons. The Morgan fingerprint density at radius 1 is 1.39 bits per heavy atom. The van der Waals surface area contributed by atoms with Crippen molar-refractivity contribution in [3.05, 3.63) is 29.6 Å². The molecule has 1 aliphatic carbocycles. The largest absolute Gasteiger partial charge is 0.273 e. The molecule has 0 aromatic carbocycles. The summed E-state index contributed by atoms with van der Waals surface area (Å²) < 4.78 is 0. The molecule has 0 unspecified atom stereocenters. The third-order valence-corrected chi connectivity index (χ3v) is 3.26. The minimum atomic E-state index is 0.0404. The van der Waals surface area contributed by atoms with Crippen molar-refractivity contribution >= 4 is 12.1 Å². The Kier molecular flexibility index (Phi) is 4.45. The fourth-order valence-electron chi connectivity index (χ4n) is 2.25. The van der Waals surface area contributed by atoms with Crippen LogP contribution in [0, 0.1) is 12.8 Å². The number of carbonyl (C=O) groups excluding carboxylic acids is 1. The van der Waals surface area contributed by atoms with E-state index < -0.39 is 0 Å². The lowest BCUT2D eigenvalue weighted by Gasteiger charge is -2.19. The molecular formula is C14H19N3O. The molecule has 0 saturated heterocycles. The first kappa shape index (κ1) is 12.7. The van der Waals surface area contributed by atoms with Crippen LogP contribution in [0.1, 0.15) is 43.5 Å². The molecule has 1 aromatic heterocycles. The monoisotopic (exact) mass is 245 g/mol. The highest BCUT2D eigenvalue weighted by molar-refractivity contribution is 5.82. The van der Waals surface area contributed by atoms with Crippen molar-refractivity contribution in [2.75, 3.05) is 0 Å². The molecule has 1 saturated carbocycles. The van der Waals surface area contributed by atoms with E-state index in [1.807, 2.05) is 25.1 Å². The summed E-state index contributed by atoms with van der Waals surface area (Å²) in [5, 5.41) is 3.97. The summed E-state index contributed by atoms with van der Waals surface area (Å²) in [4.78, 5) is 16.1. The van der Waals surface area contributed by atoms with Crippen LogP contribution in [0.15, 0.2) is 23.3 Å². The van der Waals surface area contributed by atoms with Crippen LogP contribution >= 0.6 is 0 Å². The Bertz CT molecular complexity index is 436. The highest BCUT2D eigenvalue weighted by Gasteiger charge is 2.20. The molecule has 0 bridgehead atoms. The van der Waals surface area contributed by atoms with Gasteiger partial charge in [-0.15, -0.1) is 0 Å². The van der Waals surface area contributed by atoms with Gasteiger partial charge in [-0.05, 0) is 31.9 Å². The molecule has 1 fully saturated rings. The van der Waals surface area contributed by atoms with E-state index in [2.05, 4.69) is 15.5 Å². The number of nitrogens with one attached hydrogen (secondary N) is 1. The Hall–Kier alpha value is -1.71. The molecule has 1 aliphatic rings. The third kappa shape index (κ3) is 3.65. The number of hydrazone groups is 1. The average Bonchev–Trinajstić information content (AvgIpc) is 2.40. The van der Waals surface area contributed by atoms with Crippen molar-refractivity contribution < 1.29 is 4.79 Å². The maximum absolute atomic E-state index is 11.8. The predicted octanol–water partition coefficient (Wildman–Crippen LogP) is 2.42. The lowest BCUT2D eigenvalue weighted by molar-refractivity contribution is -0.125. The van der Waals surface area contributed by atoms with Crippen molar-refractivity contribution in [2.45, 2.75) is 39.0 Å². The van der Waals surface area contributed by atoms with Gasteiger partial charge in [-0.3, -0.25) is 9.78 Å². The zero-order chi connectivity index (χ0) is 12.8. The molecule has 0 aliphatic heterocycles. The second kappa shape index (κ2) is 6.28. The lowest BCUT2D eigenvalue weighted by Crippen LogP contribution is -2.28. The standard InChI is InChI=1S/C14H19N3O/c1-11-6-5-9-13(16-11)10-15-17-14(18)12-7-3-2-4-8-12/h5-6,9-10,12H,2-4,7-8H2,1H3,(H,17,18). The van der Waals surface area contributed by atoms with Crippen LogP contribution < -0.4 is 5.43 Å². The summed E-state index contributed by atoms with van der Waals surface area (Å²) in [5.41, 5.74) is 4.32. The number of aryl methyl sites for hydroxylation is 1. The number of aromatic nitrogens is 1. The smallest absolute Gasteiger partial charge is 0.243 e. The van der Waals surface area contributed by atoms with Gasteiger partial charge in [0.2, 0.25) is 5.91 Å².